The Labute approximate surface area is 124 Å². The van der Waals surface area contributed by atoms with E-state index in [1.54, 1.807) is 0 Å². The van der Waals surface area contributed by atoms with Crippen molar-refractivity contribution in [3.05, 3.63) is 35.4 Å². The van der Waals surface area contributed by atoms with Gasteiger partial charge in [-0.05, 0) is 62.2 Å². The first-order chi connectivity index (χ1) is 9.74. The molecule has 0 spiro atoms. The summed E-state index contributed by atoms with van der Waals surface area (Å²) in [5.41, 5.74) is 2.87. The van der Waals surface area contributed by atoms with Gasteiger partial charge in [-0.15, -0.1) is 0 Å². The van der Waals surface area contributed by atoms with Crippen LogP contribution in [0.3, 0.4) is 0 Å². The molecule has 0 aliphatic heterocycles. The SMILES string of the molecule is CC(C)CNCc1ccc(CCCCNC2CC2)cc1. The van der Waals surface area contributed by atoms with Crippen molar-refractivity contribution < 1.29 is 0 Å². The molecule has 1 aromatic carbocycles. The van der Waals surface area contributed by atoms with Gasteiger partial charge in [-0.1, -0.05) is 38.1 Å². The fourth-order valence-electron chi connectivity index (χ4n) is 2.38. The highest BCUT2D eigenvalue weighted by atomic mass is 14.9. The van der Waals surface area contributed by atoms with E-state index in [4.69, 9.17) is 0 Å². The Bertz CT molecular complexity index is 366. The lowest BCUT2D eigenvalue weighted by Crippen LogP contribution is -2.18. The van der Waals surface area contributed by atoms with Crippen LogP contribution in [0.4, 0.5) is 0 Å². The van der Waals surface area contributed by atoms with Crippen LogP contribution in [0.25, 0.3) is 0 Å². The van der Waals surface area contributed by atoms with Crippen molar-refractivity contribution in [3.8, 4) is 0 Å². The summed E-state index contributed by atoms with van der Waals surface area (Å²) in [5, 5.41) is 7.06. The summed E-state index contributed by atoms with van der Waals surface area (Å²) in [4.78, 5) is 0. The van der Waals surface area contributed by atoms with E-state index in [0.717, 1.165) is 25.0 Å². The average Bonchev–Trinajstić information content (AvgIpc) is 3.24. The second-order valence-corrected chi connectivity index (χ2v) is 6.53. The van der Waals surface area contributed by atoms with Gasteiger partial charge in [0.1, 0.15) is 0 Å². The highest BCUT2D eigenvalue weighted by Gasteiger charge is 2.19. The van der Waals surface area contributed by atoms with Crippen LogP contribution in [-0.2, 0) is 13.0 Å². The summed E-state index contributed by atoms with van der Waals surface area (Å²) in [5.74, 6) is 0.721. The monoisotopic (exact) mass is 274 g/mol. The lowest BCUT2D eigenvalue weighted by molar-refractivity contribution is 0.552. The van der Waals surface area contributed by atoms with Gasteiger partial charge in [-0.25, -0.2) is 0 Å². The zero-order chi connectivity index (χ0) is 14.2. The first kappa shape index (κ1) is 15.5. The maximum Gasteiger partial charge on any atom is 0.0205 e. The quantitative estimate of drug-likeness (QED) is 0.638. The molecule has 0 aromatic heterocycles. The molecule has 2 rings (SSSR count). The van der Waals surface area contributed by atoms with Crippen molar-refractivity contribution in [2.45, 2.75) is 58.5 Å². The van der Waals surface area contributed by atoms with Crippen LogP contribution in [0.5, 0.6) is 0 Å². The van der Waals surface area contributed by atoms with Crippen molar-refractivity contribution in [1.29, 1.82) is 0 Å². The Kier molecular flexibility index (Phi) is 6.55. The maximum absolute atomic E-state index is 3.58. The molecular formula is C18H30N2. The van der Waals surface area contributed by atoms with Crippen LogP contribution >= 0.6 is 0 Å². The summed E-state index contributed by atoms with van der Waals surface area (Å²) in [6, 6.07) is 9.98. The van der Waals surface area contributed by atoms with Crippen LogP contribution in [0.15, 0.2) is 24.3 Å². The molecule has 20 heavy (non-hydrogen) atoms. The summed E-state index contributed by atoms with van der Waals surface area (Å²) in [6.07, 6.45) is 6.60. The molecule has 0 saturated heterocycles. The molecule has 0 heterocycles. The Hall–Kier alpha value is -0.860. The largest absolute Gasteiger partial charge is 0.314 e. The van der Waals surface area contributed by atoms with Gasteiger partial charge in [-0.2, -0.15) is 0 Å². The number of hydrogen-bond donors (Lipinski definition) is 2. The normalized spacial score (nSPS) is 14.9. The van der Waals surface area contributed by atoms with E-state index in [-0.39, 0.29) is 0 Å². The van der Waals surface area contributed by atoms with Gasteiger partial charge in [0.25, 0.3) is 0 Å². The maximum atomic E-state index is 3.58. The Morgan fingerprint density at radius 3 is 2.40 bits per heavy atom. The second-order valence-electron chi connectivity index (χ2n) is 6.53. The van der Waals surface area contributed by atoms with Crippen LogP contribution in [0.2, 0.25) is 0 Å². The lowest BCUT2D eigenvalue weighted by atomic mass is 10.1. The van der Waals surface area contributed by atoms with Gasteiger partial charge >= 0.3 is 0 Å². The van der Waals surface area contributed by atoms with Crippen molar-refractivity contribution in [1.82, 2.24) is 10.6 Å². The summed E-state index contributed by atoms with van der Waals surface area (Å²) >= 11 is 0. The number of nitrogens with one attached hydrogen (secondary N) is 2. The number of unbranched alkanes of at least 4 members (excludes halogenated alkanes) is 1. The van der Waals surface area contributed by atoms with E-state index >= 15 is 0 Å². The van der Waals surface area contributed by atoms with Crippen LogP contribution < -0.4 is 10.6 Å². The van der Waals surface area contributed by atoms with Crippen LogP contribution in [0.1, 0.15) is 50.7 Å². The first-order valence-electron chi connectivity index (χ1n) is 8.26. The van der Waals surface area contributed by atoms with E-state index < -0.39 is 0 Å². The molecule has 1 aliphatic carbocycles. The molecular weight excluding hydrogens is 244 g/mol. The van der Waals surface area contributed by atoms with E-state index in [0.29, 0.717) is 0 Å². The third-order valence-electron chi connectivity index (χ3n) is 3.81. The van der Waals surface area contributed by atoms with Crippen LogP contribution in [-0.4, -0.2) is 19.1 Å². The van der Waals surface area contributed by atoms with E-state index in [9.17, 15) is 0 Å². The zero-order valence-electron chi connectivity index (χ0n) is 13.1. The van der Waals surface area contributed by atoms with Gasteiger partial charge < -0.3 is 10.6 Å². The Morgan fingerprint density at radius 2 is 1.75 bits per heavy atom. The molecule has 0 unspecified atom stereocenters. The standard InChI is InChI=1S/C18H30N2/c1-15(2)13-19-14-17-8-6-16(7-9-17)5-3-4-12-20-18-10-11-18/h6-9,15,18-20H,3-5,10-14H2,1-2H3. The fourth-order valence-corrected chi connectivity index (χ4v) is 2.38. The lowest BCUT2D eigenvalue weighted by Gasteiger charge is -2.08. The molecule has 2 nitrogen and oxygen atoms in total. The molecule has 1 saturated carbocycles. The summed E-state index contributed by atoms with van der Waals surface area (Å²) in [7, 11) is 0. The molecule has 2 N–H and O–H groups in total. The number of benzene rings is 1. The molecule has 1 aromatic rings. The molecule has 0 radical (unpaired) electrons. The van der Waals surface area contributed by atoms with Crippen molar-refractivity contribution in [3.63, 3.8) is 0 Å². The van der Waals surface area contributed by atoms with E-state index in [1.807, 2.05) is 0 Å². The Balaban J connectivity index is 1.57. The molecule has 0 bridgehead atoms. The molecule has 0 atom stereocenters. The number of aryl methyl sites for hydroxylation is 1. The molecule has 1 fully saturated rings. The van der Waals surface area contributed by atoms with Crippen molar-refractivity contribution >= 4 is 0 Å². The minimum absolute atomic E-state index is 0.721. The second kappa shape index (κ2) is 8.43. The van der Waals surface area contributed by atoms with Crippen molar-refractivity contribution in [2.75, 3.05) is 13.1 Å². The van der Waals surface area contributed by atoms with E-state index in [2.05, 4.69) is 48.7 Å². The highest BCUT2D eigenvalue weighted by molar-refractivity contribution is 5.22. The topological polar surface area (TPSA) is 24.1 Å². The molecule has 112 valence electrons. The summed E-state index contributed by atoms with van der Waals surface area (Å²) in [6.45, 7) is 7.77. The van der Waals surface area contributed by atoms with Crippen LogP contribution in [0, 0.1) is 5.92 Å². The number of rotatable bonds is 10. The average molecular weight is 274 g/mol. The van der Waals surface area contributed by atoms with Gasteiger partial charge in [-0.3, -0.25) is 0 Å². The third kappa shape index (κ3) is 6.53. The van der Waals surface area contributed by atoms with E-state index in [1.165, 1.54) is 49.8 Å². The predicted octanol–water partition coefficient (Wildman–Crippen LogP) is 3.51. The van der Waals surface area contributed by atoms with Crippen molar-refractivity contribution in [2.24, 2.45) is 5.92 Å². The van der Waals surface area contributed by atoms with Gasteiger partial charge in [0.2, 0.25) is 0 Å². The highest BCUT2D eigenvalue weighted by Crippen LogP contribution is 2.18. The van der Waals surface area contributed by atoms with Gasteiger partial charge in [0.05, 0.1) is 0 Å². The zero-order valence-corrected chi connectivity index (χ0v) is 13.1. The predicted molar refractivity (Wildman–Crippen MR) is 86.9 cm³/mol. The molecule has 0 amide bonds. The fraction of sp³-hybridized carbons (Fsp3) is 0.667. The summed E-state index contributed by atoms with van der Waals surface area (Å²) < 4.78 is 0. The number of hydrogen-bond acceptors (Lipinski definition) is 2. The minimum Gasteiger partial charge on any atom is -0.314 e. The molecule has 2 heteroatoms. The first-order valence-corrected chi connectivity index (χ1v) is 8.26. The minimum atomic E-state index is 0.721. The van der Waals surface area contributed by atoms with Gasteiger partial charge in [0.15, 0.2) is 0 Å². The molecule has 1 aliphatic rings. The van der Waals surface area contributed by atoms with Gasteiger partial charge in [0, 0.05) is 12.6 Å². The Morgan fingerprint density at radius 1 is 1.05 bits per heavy atom. The smallest absolute Gasteiger partial charge is 0.0205 e. The third-order valence-corrected chi connectivity index (χ3v) is 3.81.